The molecule has 1 aliphatic heterocycles. The Morgan fingerprint density at radius 1 is 1.16 bits per heavy atom. The number of fused-ring (bicyclic) bond motifs is 1. The van der Waals surface area contributed by atoms with Crippen molar-refractivity contribution in [3.63, 3.8) is 0 Å². The Balaban J connectivity index is 1.85. The van der Waals surface area contributed by atoms with E-state index in [4.69, 9.17) is 9.47 Å². The number of methoxy groups -OCH3 is 1. The molecule has 0 aliphatic carbocycles. The van der Waals surface area contributed by atoms with Crippen molar-refractivity contribution in [3.8, 4) is 28.5 Å². The third kappa shape index (κ3) is 3.70. The second-order valence-electron chi connectivity index (χ2n) is 7.29. The summed E-state index contributed by atoms with van der Waals surface area (Å²) in [5.41, 5.74) is 2.93. The molecule has 8 nitrogen and oxygen atoms in total. The zero-order chi connectivity index (χ0) is 22.0. The van der Waals surface area contributed by atoms with Gasteiger partial charge in [-0.05, 0) is 43.2 Å². The number of carbonyl (C=O) groups is 1. The predicted molar refractivity (Wildman–Crippen MR) is 114 cm³/mol. The summed E-state index contributed by atoms with van der Waals surface area (Å²) < 4.78 is 10.7. The number of phenolic OH excluding ortho intramolecular Hbond substituents is 2. The quantitative estimate of drug-likeness (QED) is 0.479. The fourth-order valence-electron chi connectivity index (χ4n) is 4.00. The van der Waals surface area contributed by atoms with Crippen molar-refractivity contribution in [3.05, 3.63) is 59.3 Å². The number of benzene rings is 2. The van der Waals surface area contributed by atoms with Gasteiger partial charge in [0.2, 0.25) is 0 Å². The minimum atomic E-state index is -0.451. The maximum atomic E-state index is 13.3. The molecule has 2 aromatic carbocycles. The first-order valence-corrected chi connectivity index (χ1v) is 10.2. The van der Waals surface area contributed by atoms with Crippen molar-refractivity contribution in [2.24, 2.45) is 0 Å². The average Bonchev–Trinajstić information content (AvgIpc) is 3.30. The molecule has 1 amide bonds. The fourth-order valence-corrected chi connectivity index (χ4v) is 4.00. The molecule has 8 heteroatoms. The second kappa shape index (κ2) is 8.69. The van der Waals surface area contributed by atoms with Crippen molar-refractivity contribution >= 4 is 5.91 Å². The number of rotatable bonds is 8. The Morgan fingerprint density at radius 3 is 2.71 bits per heavy atom. The Hall–Kier alpha value is -3.52. The number of aromatic amines is 1. The van der Waals surface area contributed by atoms with E-state index in [1.807, 2.05) is 13.0 Å². The van der Waals surface area contributed by atoms with E-state index in [2.05, 4.69) is 10.2 Å². The molecular formula is C23H25N3O5. The Morgan fingerprint density at radius 2 is 1.97 bits per heavy atom. The van der Waals surface area contributed by atoms with Crippen LogP contribution < -0.4 is 4.74 Å². The van der Waals surface area contributed by atoms with Crippen LogP contribution in [0.25, 0.3) is 11.3 Å². The summed E-state index contributed by atoms with van der Waals surface area (Å²) in [6.45, 7) is 3.24. The zero-order valence-corrected chi connectivity index (χ0v) is 17.5. The molecule has 0 radical (unpaired) electrons. The van der Waals surface area contributed by atoms with Gasteiger partial charge in [0.05, 0.1) is 12.6 Å². The van der Waals surface area contributed by atoms with Gasteiger partial charge >= 0.3 is 0 Å². The molecule has 3 aromatic rings. The van der Waals surface area contributed by atoms with Crippen LogP contribution in [0.2, 0.25) is 0 Å². The van der Waals surface area contributed by atoms with Crippen LogP contribution in [-0.4, -0.2) is 58.1 Å². The van der Waals surface area contributed by atoms with E-state index in [9.17, 15) is 15.0 Å². The van der Waals surface area contributed by atoms with E-state index in [1.54, 1.807) is 48.4 Å². The van der Waals surface area contributed by atoms with Crippen LogP contribution in [0.3, 0.4) is 0 Å². The number of nitrogens with zero attached hydrogens (tertiary/aromatic N) is 2. The van der Waals surface area contributed by atoms with Gasteiger partial charge in [0, 0.05) is 31.4 Å². The third-order valence-corrected chi connectivity index (χ3v) is 5.37. The summed E-state index contributed by atoms with van der Waals surface area (Å²) in [5, 5.41) is 27.8. The number of aromatic nitrogens is 2. The van der Waals surface area contributed by atoms with Crippen molar-refractivity contribution in [1.82, 2.24) is 15.1 Å². The van der Waals surface area contributed by atoms with Crippen LogP contribution in [0.1, 0.15) is 41.0 Å². The number of hydrogen-bond donors (Lipinski definition) is 3. The maximum absolute atomic E-state index is 13.3. The van der Waals surface area contributed by atoms with Crippen molar-refractivity contribution in [2.75, 3.05) is 26.9 Å². The number of carbonyl (C=O) groups excluding carboxylic acids is 1. The van der Waals surface area contributed by atoms with Gasteiger partial charge < -0.3 is 24.6 Å². The van der Waals surface area contributed by atoms with Gasteiger partial charge in [-0.15, -0.1) is 0 Å². The number of aromatic hydroxyl groups is 2. The van der Waals surface area contributed by atoms with Gasteiger partial charge in [-0.2, -0.15) is 5.10 Å². The number of para-hydroxylation sites is 1. The molecule has 0 unspecified atom stereocenters. The van der Waals surface area contributed by atoms with Crippen LogP contribution in [0.5, 0.6) is 17.2 Å². The van der Waals surface area contributed by atoms with Gasteiger partial charge in [-0.25, -0.2) is 0 Å². The number of phenols is 2. The topological polar surface area (TPSA) is 108 Å². The summed E-state index contributed by atoms with van der Waals surface area (Å²) in [7, 11) is 1.63. The van der Waals surface area contributed by atoms with E-state index in [0.717, 1.165) is 5.56 Å². The van der Waals surface area contributed by atoms with E-state index in [1.165, 1.54) is 0 Å². The van der Waals surface area contributed by atoms with Gasteiger partial charge in [-0.3, -0.25) is 9.89 Å². The van der Waals surface area contributed by atoms with Crippen molar-refractivity contribution in [2.45, 2.75) is 19.4 Å². The first kappa shape index (κ1) is 20.7. The number of hydrogen-bond acceptors (Lipinski definition) is 6. The number of H-pyrrole nitrogens is 1. The Kier molecular flexibility index (Phi) is 5.81. The molecule has 2 heterocycles. The van der Waals surface area contributed by atoms with E-state index in [0.29, 0.717) is 54.4 Å². The Bertz CT molecular complexity index is 1090. The van der Waals surface area contributed by atoms with Gasteiger partial charge in [0.25, 0.3) is 5.91 Å². The Labute approximate surface area is 180 Å². The summed E-state index contributed by atoms with van der Waals surface area (Å²) in [4.78, 5) is 15.0. The molecule has 0 spiro atoms. The highest BCUT2D eigenvalue weighted by Crippen LogP contribution is 2.45. The minimum absolute atomic E-state index is 0.0363. The van der Waals surface area contributed by atoms with Crippen LogP contribution in [0.15, 0.2) is 42.5 Å². The summed E-state index contributed by atoms with van der Waals surface area (Å²) in [5.74, 6) is 0.303. The highest BCUT2D eigenvalue weighted by molar-refractivity contribution is 6.00. The van der Waals surface area contributed by atoms with E-state index < -0.39 is 6.04 Å². The number of ether oxygens (including phenoxy) is 2. The minimum Gasteiger partial charge on any atom is -0.507 e. The van der Waals surface area contributed by atoms with Crippen molar-refractivity contribution in [1.29, 1.82) is 0 Å². The van der Waals surface area contributed by atoms with Crippen molar-refractivity contribution < 1.29 is 24.5 Å². The number of amides is 1. The number of nitrogens with one attached hydrogen (secondary N) is 1. The van der Waals surface area contributed by atoms with Crippen LogP contribution in [0.4, 0.5) is 0 Å². The van der Waals surface area contributed by atoms with E-state index >= 15 is 0 Å². The highest BCUT2D eigenvalue weighted by atomic mass is 16.5. The molecule has 0 fully saturated rings. The molecule has 0 saturated carbocycles. The lowest BCUT2D eigenvalue weighted by atomic mass is 9.95. The summed E-state index contributed by atoms with van der Waals surface area (Å²) in [6.07, 6.45) is 0.665. The molecule has 31 heavy (non-hydrogen) atoms. The summed E-state index contributed by atoms with van der Waals surface area (Å²) >= 11 is 0. The zero-order valence-electron chi connectivity index (χ0n) is 17.5. The summed E-state index contributed by atoms with van der Waals surface area (Å²) in [6, 6.07) is 11.5. The largest absolute Gasteiger partial charge is 0.507 e. The molecule has 4 rings (SSSR count). The monoisotopic (exact) mass is 423 g/mol. The predicted octanol–water partition coefficient (Wildman–Crippen LogP) is 3.47. The molecule has 1 atom stereocenters. The van der Waals surface area contributed by atoms with Gasteiger partial charge in [0.15, 0.2) is 11.5 Å². The first-order valence-electron chi connectivity index (χ1n) is 10.2. The van der Waals surface area contributed by atoms with Gasteiger partial charge in [0.1, 0.15) is 17.1 Å². The molecule has 0 bridgehead atoms. The van der Waals surface area contributed by atoms with E-state index in [-0.39, 0.29) is 17.4 Å². The lowest BCUT2D eigenvalue weighted by molar-refractivity contribution is 0.0723. The maximum Gasteiger partial charge on any atom is 0.273 e. The molecule has 3 N–H and O–H groups in total. The lowest BCUT2D eigenvalue weighted by Crippen LogP contribution is -2.31. The highest BCUT2D eigenvalue weighted by Gasteiger charge is 2.42. The molecule has 1 aromatic heterocycles. The molecule has 1 aliphatic rings. The smallest absolute Gasteiger partial charge is 0.273 e. The van der Waals surface area contributed by atoms with Gasteiger partial charge in [-0.1, -0.05) is 18.2 Å². The van der Waals surface area contributed by atoms with Crippen LogP contribution in [0, 0.1) is 0 Å². The third-order valence-electron chi connectivity index (χ3n) is 5.37. The SMILES string of the molecule is CCOc1cc([C@@H]2c3c(-c4ccccc4O)n[nH]c3C(=O)N2CCCOC)ccc1O. The molecular weight excluding hydrogens is 398 g/mol. The second-order valence-corrected chi connectivity index (χ2v) is 7.29. The standard InChI is InChI=1S/C23H25N3O5/c1-3-31-18-13-14(9-10-17(18)28)22-19-20(15-7-4-5-8-16(15)27)24-25-21(19)23(29)26(22)11-6-12-30-2/h4-5,7-10,13,22,27-28H,3,6,11-12H2,1-2H3,(H,24,25)/t22-/m1/s1. The lowest BCUT2D eigenvalue weighted by Gasteiger charge is -2.27. The van der Waals surface area contributed by atoms with Crippen LogP contribution >= 0.6 is 0 Å². The molecule has 0 saturated heterocycles. The average molecular weight is 423 g/mol. The molecule has 162 valence electrons. The van der Waals surface area contributed by atoms with Crippen LogP contribution in [-0.2, 0) is 4.74 Å². The normalized spacial score (nSPS) is 15.4. The fraction of sp³-hybridized carbons (Fsp3) is 0.304. The first-order chi connectivity index (χ1) is 15.1.